The zero-order valence-corrected chi connectivity index (χ0v) is 20.1. The number of benzene rings is 2. The molecular formula is C28H34N4O3. The third kappa shape index (κ3) is 5.57. The summed E-state index contributed by atoms with van der Waals surface area (Å²) in [4.78, 5) is 36.0. The van der Waals surface area contributed by atoms with Gasteiger partial charge in [-0.1, -0.05) is 24.3 Å². The molecule has 0 saturated carbocycles. The van der Waals surface area contributed by atoms with Crippen molar-refractivity contribution in [3.8, 4) is 0 Å². The van der Waals surface area contributed by atoms with Crippen LogP contribution in [-0.4, -0.2) is 77.1 Å². The van der Waals surface area contributed by atoms with E-state index in [1.807, 2.05) is 65.7 Å². The first-order chi connectivity index (χ1) is 17.1. The van der Waals surface area contributed by atoms with Crippen LogP contribution in [0.5, 0.6) is 0 Å². The number of nitrogens with zero attached hydrogens (tertiary/aromatic N) is 3. The van der Waals surface area contributed by atoms with Crippen LogP contribution in [0.25, 0.3) is 10.9 Å². The van der Waals surface area contributed by atoms with Gasteiger partial charge in [-0.25, -0.2) is 0 Å². The maximum atomic E-state index is 13.5. The lowest BCUT2D eigenvalue weighted by molar-refractivity contribution is -0.131. The van der Waals surface area contributed by atoms with E-state index in [4.69, 9.17) is 0 Å². The number of hydrogen-bond donors (Lipinski definition) is 2. The fraction of sp³-hybridized carbons (Fsp3) is 0.429. The van der Waals surface area contributed by atoms with Crippen LogP contribution in [0.1, 0.15) is 36.0 Å². The summed E-state index contributed by atoms with van der Waals surface area (Å²) in [5.74, 6) is 0.389. The second-order valence-corrected chi connectivity index (χ2v) is 9.86. The molecule has 2 amide bonds. The van der Waals surface area contributed by atoms with E-state index in [9.17, 15) is 14.7 Å². The van der Waals surface area contributed by atoms with Crippen molar-refractivity contribution in [2.24, 2.45) is 5.92 Å². The van der Waals surface area contributed by atoms with Gasteiger partial charge in [-0.05, 0) is 67.3 Å². The van der Waals surface area contributed by atoms with Crippen LogP contribution in [0.3, 0.4) is 0 Å². The zero-order valence-electron chi connectivity index (χ0n) is 20.1. The van der Waals surface area contributed by atoms with Gasteiger partial charge in [0.25, 0.3) is 5.91 Å². The highest BCUT2D eigenvalue weighted by molar-refractivity contribution is 6.10. The smallest absolute Gasteiger partial charge is 0.258 e. The fourth-order valence-electron chi connectivity index (χ4n) is 5.29. The van der Waals surface area contributed by atoms with Crippen molar-refractivity contribution < 1.29 is 14.7 Å². The predicted molar refractivity (Wildman–Crippen MR) is 137 cm³/mol. The minimum absolute atomic E-state index is 0.0114. The Bertz CT molecular complexity index is 1150. The van der Waals surface area contributed by atoms with E-state index in [-0.39, 0.29) is 24.5 Å². The fourth-order valence-corrected chi connectivity index (χ4v) is 5.29. The number of carbonyl (C=O) groups excluding carboxylic acids is 2. The molecule has 0 aliphatic carbocycles. The molecule has 184 valence electrons. The van der Waals surface area contributed by atoms with Gasteiger partial charge < -0.3 is 19.9 Å². The van der Waals surface area contributed by atoms with E-state index in [1.54, 1.807) is 4.90 Å². The summed E-state index contributed by atoms with van der Waals surface area (Å²) in [7, 11) is 0. The van der Waals surface area contributed by atoms with Gasteiger partial charge in [0, 0.05) is 55.7 Å². The van der Waals surface area contributed by atoms with Crippen molar-refractivity contribution in [2.75, 3.05) is 44.2 Å². The molecule has 2 N–H and O–H groups in total. The van der Waals surface area contributed by atoms with Gasteiger partial charge in [-0.3, -0.25) is 14.5 Å². The van der Waals surface area contributed by atoms with Crippen LogP contribution in [0.15, 0.2) is 60.8 Å². The predicted octanol–water partition coefficient (Wildman–Crippen LogP) is 3.51. The van der Waals surface area contributed by atoms with Crippen molar-refractivity contribution >= 4 is 28.4 Å². The number of fused-ring (bicyclic) bond motifs is 1. The lowest BCUT2D eigenvalue weighted by Crippen LogP contribution is -2.47. The lowest BCUT2D eigenvalue weighted by atomic mass is 9.95. The quantitative estimate of drug-likeness (QED) is 0.573. The minimum Gasteiger partial charge on any atom is -0.393 e. The zero-order chi connectivity index (χ0) is 24.2. The number of para-hydroxylation sites is 1. The van der Waals surface area contributed by atoms with Gasteiger partial charge in [0.1, 0.15) is 6.54 Å². The summed E-state index contributed by atoms with van der Waals surface area (Å²) in [5.41, 5.74) is 2.18. The third-order valence-electron chi connectivity index (χ3n) is 7.45. The number of aromatic amines is 1. The monoisotopic (exact) mass is 474 g/mol. The number of anilines is 1. The molecule has 2 saturated heterocycles. The van der Waals surface area contributed by atoms with Crippen LogP contribution < -0.4 is 4.90 Å². The van der Waals surface area contributed by atoms with Crippen molar-refractivity contribution in [2.45, 2.75) is 31.8 Å². The first kappa shape index (κ1) is 23.6. The molecule has 0 unspecified atom stereocenters. The molecule has 7 heteroatoms. The van der Waals surface area contributed by atoms with Crippen molar-refractivity contribution in [1.82, 2.24) is 14.8 Å². The lowest BCUT2D eigenvalue weighted by Gasteiger charge is -2.37. The molecule has 2 aliphatic rings. The SMILES string of the molecule is O=C(CN(C(=O)c1ccc2cc[nH]c2c1)c1ccccc1)N1CCC(CN2CCC(O)CC2)CC1. The molecule has 2 aliphatic heterocycles. The Kier molecular flexibility index (Phi) is 7.16. The Balaban J connectivity index is 1.23. The van der Waals surface area contributed by atoms with Gasteiger partial charge in [0.2, 0.25) is 5.91 Å². The van der Waals surface area contributed by atoms with E-state index in [2.05, 4.69) is 9.88 Å². The molecule has 1 aromatic heterocycles. The number of carbonyl (C=O) groups is 2. The molecular weight excluding hydrogens is 440 g/mol. The van der Waals surface area contributed by atoms with Crippen LogP contribution in [-0.2, 0) is 4.79 Å². The number of rotatable bonds is 6. The van der Waals surface area contributed by atoms with Crippen molar-refractivity contribution in [3.63, 3.8) is 0 Å². The molecule has 35 heavy (non-hydrogen) atoms. The summed E-state index contributed by atoms with van der Waals surface area (Å²) >= 11 is 0. The number of likely N-dealkylation sites (tertiary alicyclic amines) is 2. The summed E-state index contributed by atoms with van der Waals surface area (Å²) in [5, 5.41) is 10.8. The summed E-state index contributed by atoms with van der Waals surface area (Å²) in [6, 6.07) is 17.0. The average Bonchev–Trinajstić information content (AvgIpc) is 3.37. The molecule has 0 atom stereocenters. The van der Waals surface area contributed by atoms with Gasteiger partial charge in [0.05, 0.1) is 6.10 Å². The first-order valence-corrected chi connectivity index (χ1v) is 12.7. The molecule has 7 nitrogen and oxygen atoms in total. The van der Waals surface area contributed by atoms with Crippen LogP contribution >= 0.6 is 0 Å². The number of aromatic nitrogens is 1. The van der Waals surface area contributed by atoms with Crippen LogP contribution in [0.2, 0.25) is 0 Å². The first-order valence-electron chi connectivity index (χ1n) is 12.7. The Morgan fingerprint density at radius 3 is 2.43 bits per heavy atom. The van der Waals surface area contributed by atoms with E-state index < -0.39 is 0 Å². The third-order valence-corrected chi connectivity index (χ3v) is 7.45. The Labute approximate surface area is 206 Å². The molecule has 0 radical (unpaired) electrons. The second kappa shape index (κ2) is 10.6. The Hall–Kier alpha value is -3.16. The van der Waals surface area contributed by atoms with Crippen LogP contribution in [0.4, 0.5) is 5.69 Å². The number of nitrogens with one attached hydrogen (secondary N) is 1. The van der Waals surface area contributed by atoms with Crippen LogP contribution in [0, 0.1) is 5.92 Å². The Morgan fingerprint density at radius 2 is 1.69 bits per heavy atom. The van der Waals surface area contributed by atoms with Gasteiger partial charge in [-0.2, -0.15) is 0 Å². The maximum Gasteiger partial charge on any atom is 0.258 e. The molecule has 3 aromatic rings. The maximum absolute atomic E-state index is 13.5. The average molecular weight is 475 g/mol. The van der Waals surface area contributed by atoms with Crippen molar-refractivity contribution in [1.29, 1.82) is 0 Å². The van der Waals surface area contributed by atoms with Gasteiger partial charge in [-0.15, -0.1) is 0 Å². The molecule has 2 fully saturated rings. The van der Waals surface area contributed by atoms with E-state index in [0.29, 0.717) is 11.5 Å². The number of amides is 2. The van der Waals surface area contributed by atoms with E-state index in [1.165, 1.54) is 0 Å². The molecule has 0 bridgehead atoms. The second-order valence-electron chi connectivity index (χ2n) is 9.86. The highest BCUT2D eigenvalue weighted by atomic mass is 16.3. The molecule has 2 aromatic carbocycles. The normalized spacial score (nSPS) is 18.1. The highest BCUT2D eigenvalue weighted by Crippen LogP contribution is 2.23. The summed E-state index contributed by atoms with van der Waals surface area (Å²) in [6.07, 6.45) is 5.39. The number of aliphatic hydroxyl groups excluding tert-OH is 1. The largest absolute Gasteiger partial charge is 0.393 e. The number of hydrogen-bond acceptors (Lipinski definition) is 4. The number of piperidine rings is 2. The summed E-state index contributed by atoms with van der Waals surface area (Å²) in [6.45, 7) is 4.45. The highest BCUT2D eigenvalue weighted by Gasteiger charge is 2.28. The topological polar surface area (TPSA) is 79.9 Å². The number of aliphatic hydroxyl groups is 1. The Morgan fingerprint density at radius 1 is 0.943 bits per heavy atom. The van der Waals surface area contributed by atoms with Gasteiger partial charge in [0.15, 0.2) is 0 Å². The summed E-state index contributed by atoms with van der Waals surface area (Å²) < 4.78 is 0. The number of H-pyrrole nitrogens is 1. The standard InChI is InChI=1S/C28H34N4O3/c33-25-11-14-30(15-12-25)19-21-9-16-31(17-10-21)27(34)20-32(24-4-2-1-3-5-24)28(35)23-7-6-22-8-13-29-26(22)18-23/h1-8,13,18,21,25,29,33H,9-12,14-17,19-20H2. The minimum atomic E-state index is -0.178. The molecule has 0 spiro atoms. The van der Waals surface area contributed by atoms with E-state index >= 15 is 0 Å². The van der Waals surface area contributed by atoms with Gasteiger partial charge >= 0.3 is 0 Å². The molecule has 5 rings (SSSR count). The van der Waals surface area contributed by atoms with E-state index in [0.717, 1.165) is 75.0 Å². The molecule has 3 heterocycles. The van der Waals surface area contributed by atoms with Crippen molar-refractivity contribution in [3.05, 3.63) is 66.4 Å².